The van der Waals surface area contributed by atoms with Crippen LogP contribution < -0.4 is 5.32 Å². The number of rotatable bonds is 4. The molecular formula is C16H21NO3. The number of benzene rings is 1. The van der Waals surface area contributed by atoms with Gasteiger partial charge in [0.25, 0.3) is 0 Å². The predicted molar refractivity (Wildman–Crippen MR) is 76.4 cm³/mol. The Labute approximate surface area is 119 Å². The van der Waals surface area contributed by atoms with Crippen molar-refractivity contribution in [3.8, 4) is 0 Å². The number of hydrogen-bond acceptors (Lipinski definition) is 2. The summed E-state index contributed by atoms with van der Waals surface area (Å²) in [5.41, 5.74) is -0.165. The topological polar surface area (TPSA) is 66.4 Å². The second-order valence-corrected chi connectivity index (χ2v) is 5.51. The Morgan fingerprint density at radius 3 is 2.20 bits per heavy atom. The molecule has 0 aromatic heterocycles. The lowest BCUT2D eigenvalue weighted by molar-refractivity contribution is -0.148. The molecule has 1 amide bonds. The summed E-state index contributed by atoms with van der Waals surface area (Å²) in [5, 5.41) is 12.3. The van der Waals surface area contributed by atoms with Crippen LogP contribution in [0.5, 0.6) is 0 Å². The van der Waals surface area contributed by atoms with E-state index in [2.05, 4.69) is 5.32 Å². The minimum absolute atomic E-state index is 0.208. The highest BCUT2D eigenvalue weighted by molar-refractivity contribution is 5.88. The monoisotopic (exact) mass is 275 g/mol. The normalized spacial score (nSPS) is 18.0. The largest absolute Gasteiger partial charge is 0.480 e. The van der Waals surface area contributed by atoms with Crippen LogP contribution in [0.1, 0.15) is 44.1 Å². The van der Waals surface area contributed by atoms with E-state index in [1.54, 1.807) is 0 Å². The number of carbonyl (C=O) groups is 2. The SMILES string of the molecule is O=C(Cc1ccccc1)NC1(C(=O)O)CCCCCC1. The quantitative estimate of drug-likeness (QED) is 0.830. The maximum atomic E-state index is 12.1. The van der Waals surface area contributed by atoms with Gasteiger partial charge in [0.05, 0.1) is 6.42 Å². The molecule has 0 bridgehead atoms. The molecule has 0 heterocycles. The van der Waals surface area contributed by atoms with Crippen LogP contribution in [0.4, 0.5) is 0 Å². The Hall–Kier alpha value is -1.84. The molecule has 4 heteroatoms. The summed E-state index contributed by atoms with van der Waals surface area (Å²) in [6.45, 7) is 0. The van der Waals surface area contributed by atoms with Crippen molar-refractivity contribution in [1.29, 1.82) is 0 Å². The number of amides is 1. The van der Waals surface area contributed by atoms with Crippen molar-refractivity contribution in [3.63, 3.8) is 0 Å². The second kappa shape index (κ2) is 6.55. The van der Waals surface area contributed by atoms with Crippen LogP contribution in [0.3, 0.4) is 0 Å². The number of hydrogen-bond donors (Lipinski definition) is 2. The van der Waals surface area contributed by atoms with Gasteiger partial charge in [-0.3, -0.25) is 4.79 Å². The van der Waals surface area contributed by atoms with E-state index in [0.717, 1.165) is 31.2 Å². The van der Waals surface area contributed by atoms with Crippen LogP contribution >= 0.6 is 0 Å². The molecular weight excluding hydrogens is 254 g/mol. The zero-order valence-electron chi connectivity index (χ0n) is 11.6. The fourth-order valence-electron chi connectivity index (χ4n) is 2.82. The molecule has 1 saturated carbocycles. The van der Waals surface area contributed by atoms with Crippen LogP contribution in [0.25, 0.3) is 0 Å². The Bertz CT molecular complexity index is 462. The highest BCUT2D eigenvalue weighted by Crippen LogP contribution is 2.27. The minimum atomic E-state index is -1.07. The van der Waals surface area contributed by atoms with E-state index in [-0.39, 0.29) is 12.3 Å². The first-order valence-corrected chi connectivity index (χ1v) is 7.21. The molecule has 0 aliphatic heterocycles. The van der Waals surface area contributed by atoms with Crippen LogP contribution in [0, 0.1) is 0 Å². The van der Waals surface area contributed by atoms with E-state index in [9.17, 15) is 14.7 Å². The standard InChI is InChI=1S/C16H21NO3/c18-14(12-13-8-4-3-5-9-13)17-16(15(19)20)10-6-1-2-7-11-16/h3-5,8-9H,1-2,6-7,10-12H2,(H,17,18)(H,19,20). The highest BCUT2D eigenvalue weighted by Gasteiger charge is 2.39. The zero-order valence-corrected chi connectivity index (χ0v) is 11.6. The van der Waals surface area contributed by atoms with Gasteiger partial charge in [-0.25, -0.2) is 4.79 Å². The summed E-state index contributed by atoms with van der Waals surface area (Å²) in [6.07, 6.45) is 5.10. The molecule has 1 fully saturated rings. The van der Waals surface area contributed by atoms with Crippen LogP contribution in [-0.2, 0) is 16.0 Å². The molecule has 0 saturated heterocycles. The molecule has 0 spiro atoms. The predicted octanol–water partition coefficient (Wildman–Crippen LogP) is 2.52. The molecule has 2 N–H and O–H groups in total. The van der Waals surface area contributed by atoms with E-state index < -0.39 is 11.5 Å². The maximum absolute atomic E-state index is 12.1. The van der Waals surface area contributed by atoms with E-state index in [4.69, 9.17) is 0 Å². The maximum Gasteiger partial charge on any atom is 0.329 e. The number of carboxylic acid groups (broad SMARTS) is 1. The van der Waals surface area contributed by atoms with Crippen molar-refractivity contribution in [2.24, 2.45) is 0 Å². The Morgan fingerprint density at radius 2 is 1.65 bits per heavy atom. The first kappa shape index (κ1) is 14.6. The molecule has 1 aromatic rings. The molecule has 108 valence electrons. The summed E-state index contributed by atoms with van der Waals surface area (Å²) >= 11 is 0. The third kappa shape index (κ3) is 3.59. The summed E-state index contributed by atoms with van der Waals surface area (Å²) in [7, 11) is 0. The second-order valence-electron chi connectivity index (χ2n) is 5.51. The summed E-state index contributed by atoms with van der Waals surface area (Å²) in [4.78, 5) is 23.7. The van der Waals surface area contributed by atoms with Gasteiger partial charge in [-0.05, 0) is 18.4 Å². The molecule has 2 rings (SSSR count). The number of carboxylic acids is 1. The number of carbonyl (C=O) groups excluding carboxylic acids is 1. The third-order valence-corrected chi connectivity index (χ3v) is 3.95. The van der Waals surface area contributed by atoms with Crippen LogP contribution in [0.15, 0.2) is 30.3 Å². The van der Waals surface area contributed by atoms with E-state index in [1.165, 1.54) is 0 Å². The fourth-order valence-corrected chi connectivity index (χ4v) is 2.82. The van der Waals surface area contributed by atoms with Gasteiger partial charge < -0.3 is 10.4 Å². The van der Waals surface area contributed by atoms with E-state index >= 15 is 0 Å². The van der Waals surface area contributed by atoms with Crippen molar-refractivity contribution in [2.45, 2.75) is 50.5 Å². The van der Waals surface area contributed by atoms with Gasteiger partial charge in [-0.15, -0.1) is 0 Å². The summed E-state index contributed by atoms with van der Waals surface area (Å²) in [6, 6.07) is 9.40. The fraction of sp³-hybridized carbons (Fsp3) is 0.500. The van der Waals surface area contributed by atoms with Crippen molar-refractivity contribution in [3.05, 3.63) is 35.9 Å². The average molecular weight is 275 g/mol. The lowest BCUT2D eigenvalue weighted by Gasteiger charge is -2.29. The highest BCUT2D eigenvalue weighted by atomic mass is 16.4. The van der Waals surface area contributed by atoms with Crippen molar-refractivity contribution >= 4 is 11.9 Å². The van der Waals surface area contributed by atoms with Gasteiger partial charge in [0, 0.05) is 0 Å². The van der Waals surface area contributed by atoms with E-state index in [0.29, 0.717) is 12.8 Å². The Balaban J connectivity index is 2.04. The number of nitrogens with one attached hydrogen (secondary N) is 1. The average Bonchev–Trinajstić information content (AvgIpc) is 2.66. The van der Waals surface area contributed by atoms with Crippen LogP contribution in [0.2, 0.25) is 0 Å². The van der Waals surface area contributed by atoms with Crippen molar-refractivity contribution in [2.75, 3.05) is 0 Å². The van der Waals surface area contributed by atoms with Gasteiger partial charge in [-0.1, -0.05) is 56.0 Å². The summed E-state index contributed by atoms with van der Waals surface area (Å²) in [5.74, 6) is -1.11. The van der Waals surface area contributed by atoms with Crippen LogP contribution in [-0.4, -0.2) is 22.5 Å². The molecule has 20 heavy (non-hydrogen) atoms. The Kier molecular flexibility index (Phi) is 4.77. The first-order valence-electron chi connectivity index (χ1n) is 7.21. The molecule has 0 atom stereocenters. The molecule has 1 aromatic carbocycles. The van der Waals surface area contributed by atoms with Gasteiger partial charge in [0.15, 0.2) is 0 Å². The molecule has 4 nitrogen and oxygen atoms in total. The van der Waals surface area contributed by atoms with Crippen molar-refractivity contribution in [1.82, 2.24) is 5.32 Å². The third-order valence-electron chi connectivity index (χ3n) is 3.95. The molecule has 0 radical (unpaired) electrons. The summed E-state index contributed by atoms with van der Waals surface area (Å²) < 4.78 is 0. The minimum Gasteiger partial charge on any atom is -0.480 e. The molecule has 0 unspecified atom stereocenters. The molecule has 1 aliphatic carbocycles. The lowest BCUT2D eigenvalue weighted by Crippen LogP contribution is -2.54. The molecule has 1 aliphatic rings. The number of aliphatic carboxylic acids is 1. The van der Waals surface area contributed by atoms with Gasteiger partial charge in [0.1, 0.15) is 5.54 Å². The van der Waals surface area contributed by atoms with Gasteiger partial charge in [-0.2, -0.15) is 0 Å². The Morgan fingerprint density at radius 1 is 1.05 bits per heavy atom. The van der Waals surface area contributed by atoms with Gasteiger partial charge in [0.2, 0.25) is 5.91 Å². The smallest absolute Gasteiger partial charge is 0.329 e. The zero-order chi connectivity index (χ0) is 14.4. The lowest BCUT2D eigenvalue weighted by atomic mass is 9.90. The van der Waals surface area contributed by atoms with E-state index in [1.807, 2.05) is 30.3 Å². The first-order chi connectivity index (χ1) is 9.62. The van der Waals surface area contributed by atoms with Crippen molar-refractivity contribution < 1.29 is 14.7 Å². The van der Waals surface area contributed by atoms with Gasteiger partial charge >= 0.3 is 5.97 Å².